The molecule has 144 valence electrons. The fraction of sp³-hybridized carbons (Fsp3) is 0.889. The lowest BCUT2D eigenvalue weighted by Gasteiger charge is -2.34. The summed E-state index contributed by atoms with van der Waals surface area (Å²) in [4.78, 5) is 18.4. The van der Waals surface area contributed by atoms with Crippen LogP contribution in [0.2, 0.25) is 0 Å². The number of carbonyl (C=O) groups excluding carboxylic acids is 1. The molecule has 0 aromatic rings. The third kappa shape index (κ3) is 7.34. The third-order valence-corrected chi connectivity index (χ3v) is 5.87. The van der Waals surface area contributed by atoms with Crippen molar-refractivity contribution >= 4 is 23.8 Å². The van der Waals surface area contributed by atoms with Crippen LogP contribution in [0.3, 0.4) is 0 Å². The van der Waals surface area contributed by atoms with Crippen LogP contribution in [0.15, 0.2) is 4.99 Å². The molecule has 0 aromatic carbocycles. The number of aliphatic imine (C=N–C) groups is 1. The molecule has 6 nitrogen and oxygen atoms in total. The summed E-state index contributed by atoms with van der Waals surface area (Å²) in [5.74, 6) is 2.57. The van der Waals surface area contributed by atoms with Gasteiger partial charge in [-0.2, -0.15) is 11.8 Å². The minimum Gasteiger partial charge on any atom is -0.444 e. The average Bonchev–Trinajstić information content (AvgIpc) is 3.07. The summed E-state index contributed by atoms with van der Waals surface area (Å²) in [5, 5.41) is 7.55. The van der Waals surface area contributed by atoms with E-state index in [0.717, 1.165) is 45.0 Å². The molecule has 25 heavy (non-hydrogen) atoms. The zero-order valence-corrected chi connectivity index (χ0v) is 17.0. The molecule has 2 saturated heterocycles. The van der Waals surface area contributed by atoms with Gasteiger partial charge in [-0.05, 0) is 58.1 Å². The minimum atomic E-state index is -0.438. The van der Waals surface area contributed by atoms with Gasteiger partial charge in [0, 0.05) is 38.5 Å². The van der Waals surface area contributed by atoms with Crippen LogP contribution < -0.4 is 10.6 Å². The van der Waals surface area contributed by atoms with E-state index in [2.05, 4.69) is 15.6 Å². The fourth-order valence-corrected chi connectivity index (χ4v) is 4.40. The molecule has 2 heterocycles. The molecule has 7 heteroatoms. The van der Waals surface area contributed by atoms with Crippen molar-refractivity contribution in [1.82, 2.24) is 15.5 Å². The van der Waals surface area contributed by atoms with Gasteiger partial charge in [-0.1, -0.05) is 0 Å². The number of ether oxygens (including phenoxy) is 1. The highest BCUT2D eigenvalue weighted by Gasteiger charge is 2.27. The summed E-state index contributed by atoms with van der Waals surface area (Å²) >= 11 is 2.05. The highest BCUT2D eigenvalue weighted by atomic mass is 32.2. The van der Waals surface area contributed by atoms with E-state index in [1.807, 2.05) is 44.5 Å². The summed E-state index contributed by atoms with van der Waals surface area (Å²) in [7, 11) is 1.81. The van der Waals surface area contributed by atoms with Gasteiger partial charge in [-0.25, -0.2) is 4.79 Å². The predicted molar refractivity (Wildman–Crippen MR) is 105 cm³/mol. The summed E-state index contributed by atoms with van der Waals surface area (Å²) in [5.41, 5.74) is -0.438. The lowest BCUT2D eigenvalue weighted by molar-refractivity contribution is 0.0168. The number of carbonyl (C=O) groups is 1. The minimum absolute atomic E-state index is 0.196. The maximum Gasteiger partial charge on any atom is 0.410 e. The second-order valence-corrected chi connectivity index (χ2v) is 9.31. The van der Waals surface area contributed by atoms with Gasteiger partial charge < -0.3 is 20.3 Å². The van der Waals surface area contributed by atoms with Crippen LogP contribution in [-0.2, 0) is 4.74 Å². The second-order valence-electron chi connectivity index (χ2n) is 7.90. The first-order valence-electron chi connectivity index (χ1n) is 9.41. The quantitative estimate of drug-likeness (QED) is 0.588. The molecule has 2 rings (SSSR count). The first-order valence-corrected chi connectivity index (χ1v) is 10.5. The van der Waals surface area contributed by atoms with E-state index in [1.165, 1.54) is 18.6 Å². The number of likely N-dealkylation sites (tertiary alicyclic amines) is 1. The van der Waals surface area contributed by atoms with Crippen molar-refractivity contribution in [3.63, 3.8) is 0 Å². The molecule has 2 atom stereocenters. The van der Waals surface area contributed by atoms with Gasteiger partial charge in [-0.3, -0.25) is 4.99 Å². The molecule has 0 saturated carbocycles. The molecule has 2 fully saturated rings. The number of nitrogens with zero attached hydrogens (tertiary/aromatic N) is 2. The van der Waals surface area contributed by atoms with Crippen LogP contribution in [-0.4, -0.2) is 66.8 Å². The molecule has 2 N–H and O–H groups in total. The van der Waals surface area contributed by atoms with Crippen molar-refractivity contribution in [2.75, 3.05) is 39.0 Å². The number of hydrogen-bond acceptors (Lipinski definition) is 4. The zero-order chi connectivity index (χ0) is 18.3. The fourth-order valence-electron chi connectivity index (χ4n) is 3.20. The predicted octanol–water partition coefficient (Wildman–Crippen LogP) is 2.69. The monoisotopic (exact) mass is 370 g/mol. The number of hydrogen-bond donors (Lipinski definition) is 2. The molecule has 0 aromatic heterocycles. The number of guanidine groups is 1. The molecule has 0 spiro atoms. The van der Waals surface area contributed by atoms with Crippen LogP contribution in [0.1, 0.15) is 46.5 Å². The van der Waals surface area contributed by atoms with Crippen molar-refractivity contribution in [3.8, 4) is 0 Å². The van der Waals surface area contributed by atoms with E-state index >= 15 is 0 Å². The normalized spacial score (nSPS) is 25.0. The van der Waals surface area contributed by atoms with Crippen LogP contribution in [0.5, 0.6) is 0 Å². The smallest absolute Gasteiger partial charge is 0.410 e. The second kappa shape index (κ2) is 9.55. The van der Waals surface area contributed by atoms with Crippen LogP contribution >= 0.6 is 11.8 Å². The highest BCUT2D eigenvalue weighted by Crippen LogP contribution is 2.25. The molecular weight excluding hydrogens is 336 g/mol. The van der Waals surface area contributed by atoms with Gasteiger partial charge in [0.1, 0.15) is 5.60 Å². The van der Waals surface area contributed by atoms with Crippen LogP contribution in [0.4, 0.5) is 4.79 Å². The van der Waals surface area contributed by atoms with Crippen molar-refractivity contribution in [2.45, 2.75) is 57.3 Å². The number of amides is 1. The van der Waals surface area contributed by atoms with Gasteiger partial charge in [0.05, 0.1) is 0 Å². The van der Waals surface area contributed by atoms with Gasteiger partial charge in [0.25, 0.3) is 0 Å². The van der Waals surface area contributed by atoms with Crippen molar-refractivity contribution < 1.29 is 9.53 Å². The Balaban J connectivity index is 1.72. The summed E-state index contributed by atoms with van der Waals surface area (Å²) in [6, 6.07) is 0. The van der Waals surface area contributed by atoms with E-state index in [0.29, 0.717) is 11.2 Å². The molecule has 0 radical (unpaired) electrons. The summed E-state index contributed by atoms with van der Waals surface area (Å²) in [6.07, 6.45) is 4.57. The Kier molecular flexibility index (Phi) is 7.72. The van der Waals surface area contributed by atoms with Gasteiger partial charge >= 0.3 is 6.09 Å². The Morgan fingerprint density at radius 2 is 2.00 bits per heavy atom. The van der Waals surface area contributed by atoms with E-state index in [-0.39, 0.29) is 6.09 Å². The van der Waals surface area contributed by atoms with E-state index in [4.69, 9.17) is 4.74 Å². The van der Waals surface area contributed by atoms with Crippen LogP contribution in [0.25, 0.3) is 0 Å². The maximum atomic E-state index is 12.2. The van der Waals surface area contributed by atoms with Crippen molar-refractivity contribution in [1.29, 1.82) is 0 Å². The highest BCUT2D eigenvalue weighted by molar-refractivity contribution is 8.00. The molecule has 2 unspecified atom stereocenters. The van der Waals surface area contributed by atoms with E-state index in [9.17, 15) is 4.79 Å². The SMILES string of the molecule is CN=C(NCC1CCCN(C(=O)OC(C)(C)C)C1)NCC1CCCS1. The standard InChI is InChI=1S/C18H34N4O2S/c1-18(2,3)24-17(23)22-9-5-7-14(13-22)11-20-16(19-4)21-12-15-8-6-10-25-15/h14-15H,5-13H2,1-4H3,(H2,19,20,21). The molecule has 1 amide bonds. The first kappa shape index (κ1) is 20.2. The van der Waals surface area contributed by atoms with Crippen molar-refractivity contribution in [3.05, 3.63) is 0 Å². The zero-order valence-electron chi connectivity index (χ0n) is 16.1. The van der Waals surface area contributed by atoms with Gasteiger partial charge in [-0.15, -0.1) is 0 Å². The lowest BCUT2D eigenvalue weighted by atomic mass is 9.98. The third-order valence-electron chi connectivity index (χ3n) is 4.47. The number of piperidine rings is 1. The Labute approximate surface area is 156 Å². The largest absolute Gasteiger partial charge is 0.444 e. The lowest BCUT2D eigenvalue weighted by Crippen LogP contribution is -2.47. The first-order chi connectivity index (χ1) is 11.9. The Morgan fingerprint density at radius 3 is 2.64 bits per heavy atom. The Hall–Kier alpha value is -1.11. The molecule has 2 aliphatic rings. The molecule has 2 aliphatic heterocycles. The van der Waals surface area contributed by atoms with Crippen LogP contribution in [0, 0.1) is 5.92 Å². The Bertz CT molecular complexity index is 458. The topological polar surface area (TPSA) is 66.0 Å². The number of rotatable bonds is 4. The van der Waals surface area contributed by atoms with Gasteiger partial charge in [0.2, 0.25) is 0 Å². The summed E-state index contributed by atoms with van der Waals surface area (Å²) < 4.78 is 5.50. The number of thioether (sulfide) groups is 1. The summed E-state index contributed by atoms with van der Waals surface area (Å²) in [6.45, 7) is 9.06. The van der Waals surface area contributed by atoms with E-state index in [1.54, 1.807) is 0 Å². The maximum absolute atomic E-state index is 12.2. The average molecular weight is 371 g/mol. The Morgan fingerprint density at radius 1 is 1.24 bits per heavy atom. The molecule has 0 bridgehead atoms. The van der Waals surface area contributed by atoms with Gasteiger partial charge in [0.15, 0.2) is 5.96 Å². The van der Waals surface area contributed by atoms with E-state index < -0.39 is 5.60 Å². The van der Waals surface area contributed by atoms with Crippen molar-refractivity contribution in [2.24, 2.45) is 10.9 Å². The molecular formula is C18H34N4O2S. The number of nitrogens with one attached hydrogen (secondary N) is 2. The molecule has 0 aliphatic carbocycles.